The monoisotopic (exact) mass is 287 g/mol. The number of nitrogens with zero attached hydrogens (tertiary/aromatic N) is 1. The lowest BCUT2D eigenvalue weighted by Gasteiger charge is -2.02. The lowest BCUT2D eigenvalue weighted by Crippen LogP contribution is -2.11. The Balaban J connectivity index is 1.76. The number of rotatable bonds is 2. The average Bonchev–Trinajstić information content (AvgIpc) is 3.00. The fraction of sp³-hybridized carbons (Fsp3) is 0. The largest absolute Gasteiger partial charge is 0.349 e. The molecule has 4 nitrogen and oxygen atoms in total. The smallest absolute Gasteiger partial charge is 0.272 e. The number of H-pyrrole nitrogens is 1. The third-order valence-electron chi connectivity index (χ3n) is 3.64. The zero-order chi connectivity index (χ0) is 14.9. The van der Waals surface area contributed by atoms with E-state index in [0.717, 1.165) is 27.5 Å². The standard InChI is InChI=1S/C18H13N3O/c22-18(20-14-6-2-1-3-7-14)15-11-13-9-8-12-5-4-10-19-16(12)17(13)21-15/h1-11,21H,(H,20,22). The number of aromatic nitrogens is 2. The summed E-state index contributed by atoms with van der Waals surface area (Å²) >= 11 is 0. The fourth-order valence-corrected chi connectivity index (χ4v) is 2.58. The number of aromatic amines is 1. The molecule has 0 saturated heterocycles. The van der Waals surface area contributed by atoms with Gasteiger partial charge in [0.25, 0.3) is 5.91 Å². The van der Waals surface area contributed by atoms with Gasteiger partial charge in [-0.05, 0) is 24.3 Å². The summed E-state index contributed by atoms with van der Waals surface area (Å²) in [7, 11) is 0. The van der Waals surface area contributed by atoms with E-state index < -0.39 is 0 Å². The zero-order valence-corrected chi connectivity index (χ0v) is 11.7. The van der Waals surface area contributed by atoms with Crippen LogP contribution in [0.25, 0.3) is 21.8 Å². The summed E-state index contributed by atoms with van der Waals surface area (Å²) in [6.07, 6.45) is 1.76. The Bertz CT molecular complexity index is 973. The Morgan fingerprint density at radius 1 is 0.955 bits per heavy atom. The molecule has 2 aromatic carbocycles. The Morgan fingerprint density at radius 2 is 1.77 bits per heavy atom. The van der Waals surface area contributed by atoms with Crippen LogP contribution in [0.5, 0.6) is 0 Å². The van der Waals surface area contributed by atoms with Crippen LogP contribution in [0.3, 0.4) is 0 Å². The van der Waals surface area contributed by atoms with E-state index in [-0.39, 0.29) is 5.91 Å². The van der Waals surface area contributed by atoms with Gasteiger partial charge in [-0.2, -0.15) is 0 Å². The second-order valence-electron chi connectivity index (χ2n) is 5.11. The molecule has 22 heavy (non-hydrogen) atoms. The number of fused-ring (bicyclic) bond motifs is 3. The van der Waals surface area contributed by atoms with Crippen molar-refractivity contribution in [3.8, 4) is 0 Å². The summed E-state index contributed by atoms with van der Waals surface area (Å²) in [5.41, 5.74) is 3.06. The van der Waals surface area contributed by atoms with Gasteiger partial charge in [-0.15, -0.1) is 0 Å². The maximum absolute atomic E-state index is 12.4. The van der Waals surface area contributed by atoms with Crippen molar-refractivity contribution in [3.63, 3.8) is 0 Å². The van der Waals surface area contributed by atoms with Crippen LogP contribution in [0.4, 0.5) is 5.69 Å². The fourth-order valence-electron chi connectivity index (χ4n) is 2.58. The minimum absolute atomic E-state index is 0.161. The van der Waals surface area contributed by atoms with Gasteiger partial charge in [0, 0.05) is 22.7 Å². The van der Waals surface area contributed by atoms with E-state index in [1.807, 2.05) is 60.7 Å². The van der Waals surface area contributed by atoms with Crippen molar-refractivity contribution >= 4 is 33.4 Å². The van der Waals surface area contributed by atoms with Crippen LogP contribution < -0.4 is 5.32 Å². The highest BCUT2D eigenvalue weighted by Gasteiger charge is 2.11. The van der Waals surface area contributed by atoms with Crippen LogP contribution in [-0.2, 0) is 0 Å². The normalized spacial score (nSPS) is 10.9. The van der Waals surface area contributed by atoms with Crippen molar-refractivity contribution in [2.75, 3.05) is 5.32 Å². The molecular formula is C18H13N3O. The molecule has 0 fully saturated rings. The second kappa shape index (κ2) is 5.00. The number of carbonyl (C=O) groups is 1. The number of benzene rings is 2. The van der Waals surface area contributed by atoms with Gasteiger partial charge in [0.1, 0.15) is 5.69 Å². The van der Waals surface area contributed by atoms with E-state index >= 15 is 0 Å². The minimum atomic E-state index is -0.161. The average molecular weight is 287 g/mol. The van der Waals surface area contributed by atoms with Gasteiger partial charge in [0.15, 0.2) is 0 Å². The zero-order valence-electron chi connectivity index (χ0n) is 11.7. The number of nitrogens with one attached hydrogen (secondary N) is 2. The summed E-state index contributed by atoms with van der Waals surface area (Å²) in [6, 6.07) is 19.2. The number of anilines is 1. The predicted molar refractivity (Wildman–Crippen MR) is 88.0 cm³/mol. The molecular weight excluding hydrogens is 274 g/mol. The third kappa shape index (κ3) is 2.11. The Hall–Kier alpha value is -3.14. The highest BCUT2D eigenvalue weighted by atomic mass is 16.1. The second-order valence-corrected chi connectivity index (χ2v) is 5.11. The number of hydrogen-bond acceptors (Lipinski definition) is 2. The first-order valence-corrected chi connectivity index (χ1v) is 7.04. The maximum Gasteiger partial charge on any atom is 0.272 e. The molecule has 0 bridgehead atoms. The molecule has 0 aliphatic rings. The van der Waals surface area contributed by atoms with Gasteiger partial charge in [-0.1, -0.05) is 36.4 Å². The summed E-state index contributed by atoms with van der Waals surface area (Å²) in [4.78, 5) is 19.9. The number of para-hydroxylation sites is 1. The molecule has 4 aromatic rings. The van der Waals surface area contributed by atoms with Gasteiger partial charge in [-0.3, -0.25) is 9.78 Å². The Kier molecular flexibility index (Phi) is 2.86. The van der Waals surface area contributed by atoms with Gasteiger partial charge >= 0.3 is 0 Å². The van der Waals surface area contributed by atoms with E-state index in [4.69, 9.17) is 0 Å². The third-order valence-corrected chi connectivity index (χ3v) is 3.64. The van der Waals surface area contributed by atoms with E-state index in [9.17, 15) is 4.79 Å². The van der Waals surface area contributed by atoms with Crippen LogP contribution in [0, 0.1) is 0 Å². The molecule has 4 heteroatoms. The summed E-state index contributed by atoms with van der Waals surface area (Å²) < 4.78 is 0. The molecule has 0 radical (unpaired) electrons. The van der Waals surface area contributed by atoms with Gasteiger partial charge in [0.2, 0.25) is 0 Å². The van der Waals surface area contributed by atoms with Gasteiger partial charge in [0.05, 0.1) is 11.0 Å². The van der Waals surface area contributed by atoms with E-state index in [0.29, 0.717) is 5.69 Å². The Labute approximate surface area is 126 Å². The quantitative estimate of drug-likeness (QED) is 0.586. The molecule has 2 aromatic heterocycles. The first-order valence-electron chi connectivity index (χ1n) is 7.04. The van der Waals surface area contributed by atoms with Crippen LogP contribution in [0.2, 0.25) is 0 Å². The molecule has 2 heterocycles. The topological polar surface area (TPSA) is 57.8 Å². The molecule has 4 rings (SSSR count). The molecule has 0 saturated carbocycles. The number of amides is 1. The van der Waals surface area contributed by atoms with Crippen LogP contribution in [0.15, 0.2) is 66.9 Å². The minimum Gasteiger partial charge on any atom is -0.349 e. The van der Waals surface area contributed by atoms with Crippen molar-refractivity contribution in [2.45, 2.75) is 0 Å². The van der Waals surface area contributed by atoms with E-state index in [2.05, 4.69) is 15.3 Å². The highest BCUT2D eigenvalue weighted by molar-refractivity contribution is 6.10. The molecule has 0 unspecified atom stereocenters. The summed E-state index contributed by atoms with van der Waals surface area (Å²) in [6.45, 7) is 0. The first kappa shape index (κ1) is 12.6. The molecule has 0 aliphatic heterocycles. The van der Waals surface area contributed by atoms with Crippen molar-refractivity contribution < 1.29 is 4.79 Å². The van der Waals surface area contributed by atoms with Crippen LogP contribution >= 0.6 is 0 Å². The van der Waals surface area contributed by atoms with Gasteiger partial charge in [-0.25, -0.2) is 0 Å². The van der Waals surface area contributed by atoms with Crippen molar-refractivity contribution in [2.24, 2.45) is 0 Å². The predicted octanol–water partition coefficient (Wildman–Crippen LogP) is 3.97. The molecule has 0 atom stereocenters. The number of pyridine rings is 1. The van der Waals surface area contributed by atoms with E-state index in [1.165, 1.54) is 0 Å². The van der Waals surface area contributed by atoms with Gasteiger partial charge < -0.3 is 10.3 Å². The maximum atomic E-state index is 12.4. The lowest BCUT2D eigenvalue weighted by molar-refractivity contribution is 0.102. The highest BCUT2D eigenvalue weighted by Crippen LogP contribution is 2.24. The van der Waals surface area contributed by atoms with Crippen molar-refractivity contribution in [1.82, 2.24) is 9.97 Å². The molecule has 0 aliphatic carbocycles. The number of carbonyl (C=O) groups excluding carboxylic acids is 1. The molecule has 2 N–H and O–H groups in total. The summed E-state index contributed by atoms with van der Waals surface area (Å²) in [5, 5.41) is 4.90. The molecule has 106 valence electrons. The number of hydrogen-bond donors (Lipinski definition) is 2. The molecule has 0 spiro atoms. The van der Waals surface area contributed by atoms with Crippen LogP contribution in [0.1, 0.15) is 10.5 Å². The first-order chi connectivity index (χ1) is 10.8. The SMILES string of the molecule is O=C(Nc1ccccc1)c1cc2ccc3cccnc3c2[nH]1. The van der Waals surface area contributed by atoms with Crippen molar-refractivity contribution in [1.29, 1.82) is 0 Å². The summed E-state index contributed by atoms with van der Waals surface area (Å²) in [5.74, 6) is -0.161. The Morgan fingerprint density at radius 3 is 2.64 bits per heavy atom. The lowest BCUT2D eigenvalue weighted by atomic mass is 10.1. The van der Waals surface area contributed by atoms with E-state index in [1.54, 1.807) is 6.20 Å². The molecule has 1 amide bonds. The van der Waals surface area contributed by atoms with Crippen molar-refractivity contribution in [3.05, 3.63) is 72.6 Å². The van der Waals surface area contributed by atoms with Crippen LogP contribution in [-0.4, -0.2) is 15.9 Å².